The molecule has 3 aliphatic rings. The third kappa shape index (κ3) is 6.08. The van der Waals surface area contributed by atoms with Gasteiger partial charge in [-0.05, 0) is 54.9 Å². The fourth-order valence-electron chi connectivity index (χ4n) is 4.92. The highest BCUT2D eigenvalue weighted by atomic mass is 32.2. The molecule has 12 heteroatoms. The molecule has 40 heavy (non-hydrogen) atoms. The number of morpholine rings is 2. The first-order valence-electron chi connectivity index (χ1n) is 13.2. The van der Waals surface area contributed by atoms with E-state index in [9.17, 15) is 19.7 Å². The molecule has 0 aliphatic carbocycles. The van der Waals surface area contributed by atoms with Gasteiger partial charge in [0.2, 0.25) is 0 Å². The van der Waals surface area contributed by atoms with E-state index in [4.69, 9.17) is 14.2 Å². The van der Waals surface area contributed by atoms with E-state index < -0.39 is 16.1 Å². The molecule has 3 fully saturated rings. The summed E-state index contributed by atoms with van der Waals surface area (Å²) in [6.07, 6.45) is 1.59. The van der Waals surface area contributed by atoms with Gasteiger partial charge in [-0.2, -0.15) is 0 Å². The zero-order chi connectivity index (χ0) is 28.2. The van der Waals surface area contributed by atoms with Gasteiger partial charge < -0.3 is 24.0 Å². The van der Waals surface area contributed by atoms with Crippen LogP contribution in [-0.4, -0.2) is 86.7 Å². The number of hydrogen-bond donors (Lipinski definition) is 0. The van der Waals surface area contributed by atoms with Crippen LogP contribution < -0.4 is 14.5 Å². The Labute approximate surface area is 236 Å². The number of aryl methyl sites for hydroxylation is 2. The lowest BCUT2D eigenvalue weighted by Gasteiger charge is -2.33. The van der Waals surface area contributed by atoms with Crippen molar-refractivity contribution in [1.29, 1.82) is 0 Å². The fraction of sp³-hybridized carbons (Fsp3) is 0.429. The van der Waals surface area contributed by atoms with Gasteiger partial charge in [0.25, 0.3) is 16.8 Å². The maximum Gasteiger partial charge on any atom is 0.293 e. The molecule has 0 radical (unpaired) electrons. The largest absolute Gasteiger partial charge is 0.491 e. The Balaban J connectivity index is 1.42. The first-order valence-corrected chi connectivity index (χ1v) is 14.1. The number of rotatable bonds is 8. The van der Waals surface area contributed by atoms with Crippen LogP contribution in [0.3, 0.4) is 0 Å². The van der Waals surface area contributed by atoms with Gasteiger partial charge in [-0.1, -0.05) is 12.1 Å². The highest BCUT2D eigenvalue weighted by molar-refractivity contribution is 8.18. The van der Waals surface area contributed by atoms with Crippen LogP contribution >= 0.6 is 11.8 Å². The summed E-state index contributed by atoms with van der Waals surface area (Å²) in [6.45, 7) is 8.52. The molecular formula is C28H32N4O7S. The van der Waals surface area contributed by atoms with Gasteiger partial charge in [-0.3, -0.25) is 24.6 Å². The molecule has 2 aromatic carbocycles. The lowest BCUT2D eigenvalue weighted by molar-refractivity contribution is -0.384. The van der Waals surface area contributed by atoms with Gasteiger partial charge in [-0.15, -0.1) is 0 Å². The van der Waals surface area contributed by atoms with Crippen LogP contribution in [0, 0.1) is 24.0 Å². The van der Waals surface area contributed by atoms with Crippen molar-refractivity contribution >= 4 is 46.0 Å². The molecule has 2 amide bonds. The average Bonchev–Trinajstić information content (AvgIpc) is 3.22. The fourth-order valence-corrected chi connectivity index (χ4v) is 5.78. The lowest BCUT2D eigenvalue weighted by atomic mass is 10.1. The van der Waals surface area contributed by atoms with E-state index in [-0.39, 0.29) is 23.7 Å². The van der Waals surface area contributed by atoms with E-state index in [1.165, 1.54) is 6.07 Å². The standard InChI is InChI=1S/C28H32N4O7S/c1-19-3-4-20(2)25(15-19)39-14-9-31-27(33)26(40-28(31)34)17-21-16-24(32(35)36)23(30-7-12-38-13-8-30)18-22(21)29-5-10-37-11-6-29/h3-4,15-18H,5-14H2,1-2H3/b26-17-. The normalized spacial score (nSPS) is 19.1. The molecule has 0 aromatic heterocycles. The molecule has 11 nitrogen and oxygen atoms in total. The highest BCUT2D eigenvalue weighted by Crippen LogP contribution is 2.40. The van der Waals surface area contributed by atoms with E-state index in [1.807, 2.05) is 43.0 Å². The predicted molar refractivity (Wildman–Crippen MR) is 153 cm³/mol. The third-order valence-electron chi connectivity index (χ3n) is 7.10. The predicted octanol–water partition coefficient (Wildman–Crippen LogP) is 4.00. The van der Waals surface area contributed by atoms with Gasteiger partial charge in [0.1, 0.15) is 18.0 Å². The minimum atomic E-state index is -0.438. The molecule has 212 valence electrons. The SMILES string of the molecule is Cc1ccc(C)c(OCCN2C(=O)S/C(=C\c3cc([N+](=O)[O-])c(N4CCOCC4)cc3N3CCOCC3)C2=O)c1. The van der Waals surface area contributed by atoms with Crippen LogP contribution in [-0.2, 0) is 14.3 Å². The number of hydrogen-bond acceptors (Lipinski definition) is 10. The van der Waals surface area contributed by atoms with Crippen LogP contribution in [0.5, 0.6) is 5.75 Å². The Kier molecular flexibility index (Phi) is 8.57. The van der Waals surface area contributed by atoms with E-state index in [0.29, 0.717) is 69.6 Å². The molecule has 3 saturated heterocycles. The minimum absolute atomic E-state index is 0.0497. The Hall–Kier alpha value is -3.61. The zero-order valence-corrected chi connectivity index (χ0v) is 23.4. The quantitative estimate of drug-likeness (QED) is 0.263. The molecule has 0 bridgehead atoms. The van der Waals surface area contributed by atoms with E-state index in [0.717, 1.165) is 33.5 Å². The Morgan fingerprint density at radius 3 is 2.27 bits per heavy atom. The zero-order valence-electron chi connectivity index (χ0n) is 22.6. The molecule has 0 spiro atoms. The van der Waals surface area contributed by atoms with E-state index in [1.54, 1.807) is 6.08 Å². The van der Waals surface area contributed by atoms with Crippen molar-refractivity contribution in [3.63, 3.8) is 0 Å². The first kappa shape index (κ1) is 27.9. The van der Waals surface area contributed by atoms with Crippen LogP contribution in [0.1, 0.15) is 16.7 Å². The third-order valence-corrected chi connectivity index (χ3v) is 8.01. The minimum Gasteiger partial charge on any atom is -0.491 e. The van der Waals surface area contributed by atoms with Crippen molar-refractivity contribution in [3.8, 4) is 5.75 Å². The van der Waals surface area contributed by atoms with Crippen LogP contribution in [0.4, 0.5) is 21.9 Å². The number of nitrogens with zero attached hydrogens (tertiary/aromatic N) is 4. The summed E-state index contributed by atoms with van der Waals surface area (Å²) in [4.78, 5) is 43.2. The second-order valence-electron chi connectivity index (χ2n) is 9.81. The van der Waals surface area contributed by atoms with Crippen molar-refractivity contribution in [1.82, 2.24) is 4.90 Å². The molecule has 5 rings (SSSR count). The van der Waals surface area contributed by atoms with Crippen LogP contribution in [0.2, 0.25) is 0 Å². The second kappa shape index (κ2) is 12.3. The van der Waals surface area contributed by atoms with Crippen molar-refractivity contribution in [2.24, 2.45) is 0 Å². The first-order chi connectivity index (χ1) is 19.3. The number of benzene rings is 2. The van der Waals surface area contributed by atoms with Crippen LogP contribution in [0.15, 0.2) is 35.2 Å². The van der Waals surface area contributed by atoms with Gasteiger partial charge in [-0.25, -0.2) is 0 Å². The summed E-state index contributed by atoms with van der Waals surface area (Å²) in [5.41, 5.74) is 3.77. The number of carbonyl (C=O) groups excluding carboxylic acids is 2. The molecule has 3 heterocycles. The Morgan fingerprint density at radius 1 is 0.975 bits per heavy atom. The summed E-state index contributed by atoms with van der Waals surface area (Å²) in [6, 6.07) is 9.20. The number of thioether (sulfide) groups is 1. The number of imide groups is 1. The van der Waals surface area contributed by atoms with Crippen LogP contribution in [0.25, 0.3) is 6.08 Å². The van der Waals surface area contributed by atoms with Gasteiger partial charge in [0, 0.05) is 43.5 Å². The number of anilines is 2. The monoisotopic (exact) mass is 568 g/mol. The lowest BCUT2D eigenvalue weighted by Crippen LogP contribution is -2.38. The molecular weight excluding hydrogens is 536 g/mol. The molecule has 0 atom stereocenters. The maximum absolute atomic E-state index is 13.3. The number of ether oxygens (including phenoxy) is 3. The summed E-state index contributed by atoms with van der Waals surface area (Å²) in [5.74, 6) is 0.276. The van der Waals surface area contributed by atoms with Crippen molar-refractivity contribution in [2.45, 2.75) is 13.8 Å². The van der Waals surface area contributed by atoms with E-state index in [2.05, 4.69) is 4.90 Å². The second-order valence-corrected chi connectivity index (χ2v) is 10.8. The van der Waals surface area contributed by atoms with Gasteiger partial charge >= 0.3 is 0 Å². The smallest absolute Gasteiger partial charge is 0.293 e. The topological polar surface area (TPSA) is 115 Å². The Bertz CT molecular complexity index is 1340. The highest BCUT2D eigenvalue weighted by Gasteiger charge is 2.36. The number of nitro benzene ring substituents is 1. The maximum atomic E-state index is 13.3. The van der Waals surface area contributed by atoms with Gasteiger partial charge in [0.05, 0.1) is 42.8 Å². The molecule has 0 unspecified atom stereocenters. The summed E-state index contributed by atoms with van der Waals surface area (Å²) in [5, 5.41) is 11.7. The summed E-state index contributed by atoms with van der Waals surface area (Å²) >= 11 is 0.833. The van der Waals surface area contributed by atoms with Crippen molar-refractivity contribution in [2.75, 3.05) is 75.6 Å². The van der Waals surface area contributed by atoms with E-state index >= 15 is 0 Å². The average molecular weight is 569 g/mol. The van der Waals surface area contributed by atoms with Crippen molar-refractivity contribution in [3.05, 3.63) is 62.0 Å². The summed E-state index contributed by atoms with van der Waals surface area (Å²) < 4.78 is 16.8. The number of nitro groups is 1. The molecule has 3 aliphatic heterocycles. The van der Waals surface area contributed by atoms with Gasteiger partial charge in [0.15, 0.2) is 0 Å². The number of amides is 2. The molecule has 0 N–H and O–H groups in total. The van der Waals surface area contributed by atoms with Crippen molar-refractivity contribution < 1.29 is 28.7 Å². The molecule has 0 saturated carbocycles. The molecule has 2 aromatic rings. The number of carbonyl (C=O) groups is 2. The summed E-state index contributed by atoms with van der Waals surface area (Å²) in [7, 11) is 0. The Morgan fingerprint density at radius 2 is 1.62 bits per heavy atom.